The molecule has 6 heteroatoms. The number of likely N-dealkylation sites (tertiary alicyclic amines) is 1. The van der Waals surface area contributed by atoms with Crippen molar-refractivity contribution in [1.82, 2.24) is 4.90 Å². The summed E-state index contributed by atoms with van der Waals surface area (Å²) in [6.07, 6.45) is 3.37. The van der Waals surface area contributed by atoms with E-state index in [0.717, 1.165) is 42.2 Å². The standard InChI is InChI=1S/C19H22N2O3S/c1-3-24-18(23)15-7-9-21(10-8-15)19-20-17(22)16(25-19)12-14-6-4-5-13(2)11-14/h4-6,11-12,15H,3,7-10H2,1-2H3/b16-12-. The van der Waals surface area contributed by atoms with E-state index in [1.807, 2.05) is 44.2 Å². The smallest absolute Gasteiger partial charge is 0.309 e. The number of amides is 1. The Bertz CT molecular complexity index is 734. The van der Waals surface area contributed by atoms with Gasteiger partial charge in [-0.15, -0.1) is 0 Å². The second kappa shape index (κ2) is 7.87. The molecule has 1 amide bonds. The molecule has 5 nitrogen and oxygen atoms in total. The van der Waals surface area contributed by atoms with Crippen LogP contribution < -0.4 is 0 Å². The topological polar surface area (TPSA) is 59.0 Å². The number of amidine groups is 1. The summed E-state index contributed by atoms with van der Waals surface area (Å²) in [6.45, 7) is 5.72. The highest BCUT2D eigenvalue weighted by Gasteiger charge is 2.31. The molecule has 1 aromatic rings. The summed E-state index contributed by atoms with van der Waals surface area (Å²) in [6, 6.07) is 8.04. The summed E-state index contributed by atoms with van der Waals surface area (Å²) in [5, 5.41) is 0.742. The fourth-order valence-electron chi connectivity index (χ4n) is 3.01. The first-order valence-corrected chi connectivity index (χ1v) is 9.39. The Kier molecular flexibility index (Phi) is 5.58. The predicted molar refractivity (Wildman–Crippen MR) is 100 cm³/mol. The van der Waals surface area contributed by atoms with Crippen LogP contribution in [0.4, 0.5) is 0 Å². The lowest BCUT2D eigenvalue weighted by atomic mass is 9.97. The van der Waals surface area contributed by atoms with E-state index in [1.54, 1.807) is 0 Å². The zero-order valence-corrected chi connectivity index (χ0v) is 15.3. The molecule has 0 radical (unpaired) electrons. The van der Waals surface area contributed by atoms with Gasteiger partial charge in [-0.2, -0.15) is 4.99 Å². The number of carbonyl (C=O) groups excluding carboxylic acids is 2. The van der Waals surface area contributed by atoms with Gasteiger partial charge in [0.1, 0.15) is 0 Å². The van der Waals surface area contributed by atoms with E-state index in [9.17, 15) is 9.59 Å². The van der Waals surface area contributed by atoms with E-state index in [0.29, 0.717) is 11.5 Å². The monoisotopic (exact) mass is 358 g/mol. The van der Waals surface area contributed by atoms with Crippen molar-refractivity contribution < 1.29 is 14.3 Å². The fourth-order valence-corrected chi connectivity index (χ4v) is 3.98. The minimum Gasteiger partial charge on any atom is -0.466 e. The van der Waals surface area contributed by atoms with E-state index >= 15 is 0 Å². The molecule has 1 saturated heterocycles. The van der Waals surface area contributed by atoms with Crippen LogP contribution in [0.2, 0.25) is 0 Å². The van der Waals surface area contributed by atoms with Crippen molar-refractivity contribution in [2.75, 3.05) is 19.7 Å². The molecule has 0 saturated carbocycles. The van der Waals surface area contributed by atoms with Gasteiger partial charge in [-0.1, -0.05) is 29.8 Å². The Morgan fingerprint density at radius 2 is 2.16 bits per heavy atom. The van der Waals surface area contributed by atoms with Crippen molar-refractivity contribution in [3.05, 3.63) is 40.3 Å². The average molecular weight is 358 g/mol. The van der Waals surface area contributed by atoms with Gasteiger partial charge < -0.3 is 9.64 Å². The minimum atomic E-state index is -0.186. The maximum Gasteiger partial charge on any atom is 0.309 e. The van der Waals surface area contributed by atoms with Gasteiger partial charge in [-0.05, 0) is 50.1 Å². The minimum absolute atomic E-state index is 0.0405. The second-order valence-corrected chi connectivity index (χ2v) is 7.25. The molecule has 132 valence electrons. The molecule has 2 aliphatic rings. The molecule has 0 atom stereocenters. The maximum atomic E-state index is 12.2. The zero-order valence-electron chi connectivity index (χ0n) is 14.5. The predicted octanol–water partition coefficient (Wildman–Crippen LogP) is 3.24. The van der Waals surface area contributed by atoms with Crippen LogP contribution in [0.25, 0.3) is 6.08 Å². The Labute approximate surface area is 152 Å². The highest BCUT2D eigenvalue weighted by atomic mass is 32.2. The van der Waals surface area contributed by atoms with Gasteiger partial charge in [0.25, 0.3) is 5.91 Å². The molecule has 0 N–H and O–H groups in total. The number of aryl methyl sites for hydroxylation is 1. The number of esters is 1. The van der Waals surface area contributed by atoms with Crippen molar-refractivity contribution in [2.24, 2.45) is 10.9 Å². The Morgan fingerprint density at radius 3 is 2.84 bits per heavy atom. The summed E-state index contributed by atoms with van der Waals surface area (Å²) < 4.78 is 5.10. The van der Waals surface area contributed by atoms with Gasteiger partial charge in [0.2, 0.25) is 0 Å². The summed E-state index contributed by atoms with van der Waals surface area (Å²) in [7, 11) is 0. The number of carbonyl (C=O) groups is 2. The van der Waals surface area contributed by atoms with E-state index in [2.05, 4.69) is 9.89 Å². The molecular weight excluding hydrogens is 336 g/mol. The number of piperidine rings is 1. The number of ether oxygens (including phenoxy) is 1. The third kappa shape index (κ3) is 4.31. The molecule has 0 spiro atoms. The molecule has 0 aliphatic carbocycles. The van der Waals surface area contributed by atoms with Crippen LogP contribution in [-0.4, -0.2) is 41.6 Å². The Morgan fingerprint density at radius 1 is 1.40 bits per heavy atom. The van der Waals surface area contributed by atoms with Crippen LogP contribution in [0.3, 0.4) is 0 Å². The fraction of sp³-hybridized carbons (Fsp3) is 0.421. The number of thioether (sulfide) groups is 1. The van der Waals surface area contributed by atoms with Gasteiger partial charge >= 0.3 is 5.97 Å². The van der Waals surface area contributed by atoms with Crippen molar-refractivity contribution in [1.29, 1.82) is 0 Å². The first-order valence-electron chi connectivity index (χ1n) is 8.57. The summed E-state index contributed by atoms with van der Waals surface area (Å²) in [5.74, 6) is -0.338. The third-order valence-electron chi connectivity index (χ3n) is 4.33. The lowest BCUT2D eigenvalue weighted by Gasteiger charge is -2.31. The zero-order chi connectivity index (χ0) is 17.8. The number of hydrogen-bond donors (Lipinski definition) is 0. The van der Waals surface area contributed by atoms with Gasteiger partial charge in [0.15, 0.2) is 5.17 Å². The molecule has 25 heavy (non-hydrogen) atoms. The molecular formula is C19H22N2O3S. The van der Waals surface area contributed by atoms with Crippen LogP contribution in [0, 0.1) is 12.8 Å². The van der Waals surface area contributed by atoms with E-state index in [4.69, 9.17) is 4.74 Å². The number of hydrogen-bond acceptors (Lipinski definition) is 5. The van der Waals surface area contributed by atoms with E-state index < -0.39 is 0 Å². The van der Waals surface area contributed by atoms with Gasteiger partial charge in [-0.3, -0.25) is 9.59 Å². The van der Waals surface area contributed by atoms with Crippen LogP contribution in [-0.2, 0) is 14.3 Å². The molecule has 3 rings (SSSR count). The third-order valence-corrected chi connectivity index (χ3v) is 5.38. The number of benzene rings is 1. The van der Waals surface area contributed by atoms with E-state index in [1.165, 1.54) is 11.8 Å². The molecule has 2 aliphatic heterocycles. The van der Waals surface area contributed by atoms with Gasteiger partial charge in [0, 0.05) is 13.1 Å². The summed E-state index contributed by atoms with van der Waals surface area (Å²) in [4.78, 5) is 31.0. The average Bonchev–Trinajstić information content (AvgIpc) is 2.96. The van der Waals surface area contributed by atoms with Crippen molar-refractivity contribution >= 4 is 34.9 Å². The Balaban J connectivity index is 1.61. The first-order chi connectivity index (χ1) is 12.1. The number of nitrogens with zero attached hydrogens (tertiary/aromatic N) is 2. The number of rotatable bonds is 3. The molecule has 0 bridgehead atoms. The van der Waals surface area contributed by atoms with E-state index in [-0.39, 0.29) is 17.8 Å². The SMILES string of the molecule is CCOC(=O)C1CCN(C2=NC(=O)/C(=C/c3cccc(C)c3)S2)CC1. The molecule has 1 aromatic carbocycles. The molecule has 0 unspecified atom stereocenters. The maximum absolute atomic E-state index is 12.2. The lowest BCUT2D eigenvalue weighted by Crippen LogP contribution is -2.39. The highest BCUT2D eigenvalue weighted by Crippen LogP contribution is 2.32. The van der Waals surface area contributed by atoms with Crippen molar-refractivity contribution in [2.45, 2.75) is 26.7 Å². The molecule has 0 aromatic heterocycles. The highest BCUT2D eigenvalue weighted by molar-refractivity contribution is 8.18. The van der Waals surface area contributed by atoms with Crippen LogP contribution in [0.1, 0.15) is 30.9 Å². The van der Waals surface area contributed by atoms with Crippen LogP contribution >= 0.6 is 11.8 Å². The van der Waals surface area contributed by atoms with Crippen LogP contribution in [0.15, 0.2) is 34.2 Å². The second-order valence-electron chi connectivity index (χ2n) is 6.24. The van der Waals surface area contributed by atoms with Crippen molar-refractivity contribution in [3.8, 4) is 0 Å². The number of aliphatic imine (C=N–C) groups is 1. The molecule has 1 fully saturated rings. The normalized spacial score (nSPS) is 20.1. The quantitative estimate of drug-likeness (QED) is 0.613. The van der Waals surface area contributed by atoms with Gasteiger partial charge in [-0.25, -0.2) is 0 Å². The molecule has 2 heterocycles. The first kappa shape index (κ1) is 17.7. The van der Waals surface area contributed by atoms with Crippen molar-refractivity contribution in [3.63, 3.8) is 0 Å². The largest absolute Gasteiger partial charge is 0.466 e. The summed E-state index contributed by atoms with van der Waals surface area (Å²) in [5.41, 5.74) is 2.17. The lowest BCUT2D eigenvalue weighted by molar-refractivity contribution is -0.149. The van der Waals surface area contributed by atoms with Crippen LogP contribution in [0.5, 0.6) is 0 Å². The van der Waals surface area contributed by atoms with Gasteiger partial charge in [0.05, 0.1) is 17.4 Å². The Hall–Kier alpha value is -2.08. The summed E-state index contributed by atoms with van der Waals surface area (Å²) >= 11 is 1.42.